The predicted molar refractivity (Wildman–Crippen MR) is 220 cm³/mol. The van der Waals surface area contributed by atoms with Crippen molar-refractivity contribution in [2.24, 2.45) is 0 Å². The molecule has 0 radical (unpaired) electrons. The van der Waals surface area contributed by atoms with Crippen molar-refractivity contribution in [3.8, 4) is 18.1 Å². The molecule has 1 fully saturated rings. The number of carbonyl (C=O) groups excluding carboxylic acids is 2. The number of ketones is 1. The van der Waals surface area contributed by atoms with Gasteiger partial charge in [-0.15, -0.1) is 18.9 Å². The lowest BCUT2D eigenvalue weighted by atomic mass is 10.1. The SMILES string of the molecule is C#CC.C=CC.CC/C=C(\C)CNC(C)=O.CCCOCCC.CCc1cn(CCCN2CCN(CC(C)=O)CC2)c2c(OC(C)C)cccc12. The predicted octanol–water partition coefficient (Wildman–Crippen LogP) is 8.72. The van der Waals surface area contributed by atoms with Gasteiger partial charge >= 0.3 is 0 Å². The first-order valence-electron chi connectivity index (χ1n) is 19.0. The molecule has 0 saturated carbocycles. The Morgan fingerprint density at radius 2 is 1.57 bits per heavy atom. The smallest absolute Gasteiger partial charge is 0.217 e. The normalized spacial score (nSPS) is 12.8. The number of terminal acetylenes is 1. The maximum absolute atomic E-state index is 11.3. The van der Waals surface area contributed by atoms with Crippen LogP contribution in [0.25, 0.3) is 10.9 Å². The molecule has 1 N–H and O–H groups in total. The maximum atomic E-state index is 11.3. The number of ether oxygens (including phenoxy) is 2. The fraction of sp³-hybridized carbons (Fsp3) is 0.628. The third-order valence-electron chi connectivity index (χ3n) is 7.34. The number of aryl methyl sites for hydroxylation is 2. The number of rotatable bonds is 16. The second kappa shape index (κ2) is 32.5. The molecule has 8 heteroatoms. The zero-order chi connectivity index (χ0) is 39.0. The van der Waals surface area contributed by atoms with Gasteiger partial charge in [0, 0.05) is 71.0 Å². The first kappa shape index (κ1) is 49.7. The van der Waals surface area contributed by atoms with Crippen LogP contribution in [0.3, 0.4) is 0 Å². The van der Waals surface area contributed by atoms with Crippen molar-refractivity contribution >= 4 is 22.6 Å². The van der Waals surface area contributed by atoms with E-state index in [0.29, 0.717) is 13.1 Å². The van der Waals surface area contributed by atoms with Crippen LogP contribution in [-0.2, 0) is 27.3 Å². The molecule has 1 aliphatic heterocycles. The Morgan fingerprint density at radius 3 is 2.04 bits per heavy atom. The summed E-state index contributed by atoms with van der Waals surface area (Å²) in [5, 5.41) is 4.04. The van der Waals surface area contributed by atoms with Crippen molar-refractivity contribution in [1.29, 1.82) is 0 Å². The van der Waals surface area contributed by atoms with Crippen LogP contribution < -0.4 is 10.1 Å². The highest BCUT2D eigenvalue weighted by atomic mass is 16.5. The van der Waals surface area contributed by atoms with Crippen LogP contribution in [0, 0.1) is 12.3 Å². The van der Waals surface area contributed by atoms with Crippen LogP contribution in [0.4, 0.5) is 0 Å². The summed E-state index contributed by atoms with van der Waals surface area (Å²) in [5.74, 6) is 3.54. The number of benzene rings is 1. The van der Waals surface area contributed by atoms with Gasteiger partial charge in [-0.1, -0.05) is 57.6 Å². The van der Waals surface area contributed by atoms with Crippen molar-refractivity contribution in [1.82, 2.24) is 19.7 Å². The van der Waals surface area contributed by atoms with E-state index in [1.54, 1.807) is 19.9 Å². The molecule has 0 spiro atoms. The van der Waals surface area contributed by atoms with Crippen molar-refractivity contribution in [2.75, 3.05) is 59.0 Å². The lowest BCUT2D eigenvalue weighted by Gasteiger charge is -2.34. The zero-order valence-electron chi connectivity index (χ0n) is 34.4. The molecule has 0 aliphatic carbocycles. The van der Waals surface area contributed by atoms with Gasteiger partial charge in [0.15, 0.2) is 0 Å². The average Bonchev–Trinajstić information content (AvgIpc) is 3.44. The van der Waals surface area contributed by atoms with E-state index in [2.05, 4.69) is 111 Å². The molecule has 3 rings (SSSR count). The van der Waals surface area contributed by atoms with Gasteiger partial charge in [0.05, 0.1) is 18.2 Å². The van der Waals surface area contributed by atoms with Crippen LogP contribution in [0.5, 0.6) is 5.75 Å². The van der Waals surface area contributed by atoms with E-state index in [9.17, 15) is 9.59 Å². The van der Waals surface area contributed by atoms with E-state index in [4.69, 9.17) is 9.47 Å². The van der Waals surface area contributed by atoms with E-state index >= 15 is 0 Å². The van der Waals surface area contributed by atoms with Gasteiger partial charge in [0.25, 0.3) is 0 Å². The summed E-state index contributed by atoms with van der Waals surface area (Å²) in [6.07, 6.45) is 16.4. The Bertz CT molecular complexity index is 1260. The Kier molecular flexibility index (Phi) is 31.7. The number of aromatic nitrogens is 1. The Hall–Kier alpha value is -3.38. The molecule has 1 aromatic carbocycles. The number of nitrogens with zero attached hydrogens (tertiary/aromatic N) is 3. The largest absolute Gasteiger partial charge is 0.489 e. The van der Waals surface area contributed by atoms with Gasteiger partial charge < -0.3 is 24.3 Å². The summed E-state index contributed by atoms with van der Waals surface area (Å²) in [6.45, 7) is 34.2. The number of carbonyl (C=O) groups is 2. The first-order valence-corrected chi connectivity index (χ1v) is 19.0. The number of fused-ring (bicyclic) bond motifs is 1. The average molecular weight is 711 g/mol. The molecule has 1 aromatic heterocycles. The van der Waals surface area contributed by atoms with Crippen molar-refractivity contribution in [2.45, 2.75) is 121 Å². The molecule has 2 aromatic rings. The van der Waals surface area contributed by atoms with Crippen LogP contribution in [0.15, 0.2) is 48.7 Å². The fourth-order valence-electron chi connectivity index (χ4n) is 5.23. The Morgan fingerprint density at radius 1 is 1.00 bits per heavy atom. The molecule has 1 saturated heterocycles. The fourth-order valence-corrected chi connectivity index (χ4v) is 5.23. The summed E-state index contributed by atoms with van der Waals surface area (Å²) in [7, 11) is 0. The summed E-state index contributed by atoms with van der Waals surface area (Å²) < 4.78 is 13.6. The van der Waals surface area contributed by atoms with Gasteiger partial charge in [-0.25, -0.2) is 0 Å². The van der Waals surface area contributed by atoms with Gasteiger partial charge in [-0.2, -0.15) is 0 Å². The molecule has 51 heavy (non-hydrogen) atoms. The van der Waals surface area contributed by atoms with E-state index in [-0.39, 0.29) is 17.8 Å². The lowest BCUT2D eigenvalue weighted by molar-refractivity contribution is -0.119. The van der Waals surface area contributed by atoms with E-state index in [0.717, 1.165) is 90.3 Å². The molecule has 1 amide bonds. The number of para-hydroxylation sites is 1. The Labute approximate surface area is 313 Å². The molecule has 1 aliphatic rings. The molecule has 0 atom stereocenters. The van der Waals surface area contributed by atoms with Crippen LogP contribution in [0.1, 0.15) is 107 Å². The highest BCUT2D eigenvalue weighted by Gasteiger charge is 2.18. The van der Waals surface area contributed by atoms with Crippen LogP contribution >= 0.6 is 0 Å². The van der Waals surface area contributed by atoms with Gasteiger partial charge in [0.1, 0.15) is 11.5 Å². The summed E-state index contributed by atoms with van der Waals surface area (Å²) in [4.78, 5) is 26.5. The molecular formula is C43H74N4O4. The second-order valence-corrected chi connectivity index (χ2v) is 12.9. The molecule has 8 nitrogen and oxygen atoms in total. The number of hydrogen-bond donors (Lipinski definition) is 1. The third-order valence-corrected chi connectivity index (χ3v) is 7.34. The standard InChI is InChI=1S/C23H35N3O2.C8H15NO.C6H14O.C3H6.C3H4/c1-5-20-17-26(23-21(20)8-6-9-22(23)28-18(2)3)11-7-10-24-12-14-25(15-13-24)16-19(4)27;1-4-5-7(2)6-9-8(3)10;1-3-5-7-6-4-2;2*1-3-2/h6,8-9,17-18H,5,7,10-16H2,1-4H3;5H,4,6H2,1-3H3,(H,9,10);3-6H2,1-2H3;3H,1H2,2H3;1H,2H3/b;7-5+;;;. The third kappa shape index (κ3) is 25.3. The number of hydrogen-bond acceptors (Lipinski definition) is 6. The monoisotopic (exact) mass is 711 g/mol. The van der Waals surface area contributed by atoms with Crippen molar-refractivity contribution in [3.63, 3.8) is 0 Å². The molecule has 0 bridgehead atoms. The van der Waals surface area contributed by atoms with Gasteiger partial charge in [-0.05, 0) is 91.8 Å². The molecule has 2 heterocycles. The number of nitrogens with one attached hydrogen (secondary N) is 1. The highest BCUT2D eigenvalue weighted by Crippen LogP contribution is 2.31. The highest BCUT2D eigenvalue weighted by molar-refractivity contribution is 5.89. The minimum Gasteiger partial charge on any atom is -0.489 e. The van der Waals surface area contributed by atoms with E-state index < -0.39 is 0 Å². The number of Topliss-reactive ketones (excluding diaryl/α,β-unsaturated/α-hetero) is 1. The number of amides is 1. The van der Waals surface area contributed by atoms with Crippen molar-refractivity contribution in [3.05, 3.63) is 54.3 Å². The number of piperazine rings is 1. The Balaban J connectivity index is 0. The zero-order valence-corrected chi connectivity index (χ0v) is 34.4. The minimum atomic E-state index is 0.0313. The molecule has 0 unspecified atom stereocenters. The van der Waals surface area contributed by atoms with E-state index in [1.807, 2.05) is 13.8 Å². The number of allylic oxidation sites excluding steroid dienone is 2. The van der Waals surface area contributed by atoms with Crippen LogP contribution in [-0.4, -0.2) is 91.2 Å². The summed E-state index contributed by atoms with van der Waals surface area (Å²) in [5.41, 5.74) is 3.85. The van der Waals surface area contributed by atoms with Gasteiger partial charge in [0.2, 0.25) is 5.91 Å². The molecule has 290 valence electrons. The summed E-state index contributed by atoms with van der Waals surface area (Å²) >= 11 is 0. The molecular weight excluding hydrogens is 636 g/mol. The topological polar surface area (TPSA) is 76.0 Å². The first-order chi connectivity index (χ1) is 24.4. The summed E-state index contributed by atoms with van der Waals surface area (Å²) in [6, 6.07) is 6.41. The van der Waals surface area contributed by atoms with E-state index in [1.165, 1.54) is 29.0 Å². The van der Waals surface area contributed by atoms with Gasteiger partial charge in [-0.3, -0.25) is 14.5 Å². The maximum Gasteiger partial charge on any atom is 0.217 e. The van der Waals surface area contributed by atoms with Crippen molar-refractivity contribution < 1.29 is 19.1 Å². The van der Waals surface area contributed by atoms with Crippen LogP contribution in [0.2, 0.25) is 0 Å². The quantitative estimate of drug-likeness (QED) is 0.107. The lowest BCUT2D eigenvalue weighted by Crippen LogP contribution is -2.47. The second-order valence-electron chi connectivity index (χ2n) is 12.9. The minimum absolute atomic E-state index is 0.0313.